The normalized spacial score (nSPS) is 26.2. The molecule has 0 aromatic rings. The molecule has 1 aliphatic heterocycles. The number of carbonyl (C=O) groups is 1. The van der Waals surface area contributed by atoms with Crippen molar-refractivity contribution >= 4 is 5.91 Å². The third-order valence-corrected chi connectivity index (χ3v) is 4.91. The summed E-state index contributed by atoms with van der Waals surface area (Å²) in [5.41, 5.74) is 0. The molecule has 0 radical (unpaired) electrons. The van der Waals surface area contributed by atoms with Crippen molar-refractivity contribution < 1.29 is 9.53 Å². The molecule has 116 valence electrons. The van der Waals surface area contributed by atoms with Crippen molar-refractivity contribution in [2.75, 3.05) is 6.54 Å². The minimum absolute atomic E-state index is 0.211. The van der Waals surface area contributed by atoms with E-state index in [1.807, 2.05) is 0 Å². The van der Waals surface area contributed by atoms with Crippen molar-refractivity contribution in [1.82, 2.24) is 4.90 Å². The van der Waals surface area contributed by atoms with Gasteiger partial charge in [0, 0.05) is 12.6 Å². The second kappa shape index (κ2) is 7.44. The van der Waals surface area contributed by atoms with Crippen molar-refractivity contribution in [2.24, 2.45) is 5.92 Å². The lowest BCUT2D eigenvalue weighted by Crippen LogP contribution is -2.51. The number of hydrogen-bond donors (Lipinski definition) is 0. The summed E-state index contributed by atoms with van der Waals surface area (Å²) in [6.45, 7) is 7.46. The first-order valence-electron chi connectivity index (χ1n) is 8.59. The summed E-state index contributed by atoms with van der Waals surface area (Å²) in [4.78, 5) is 15.0. The average Bonchev–Trinajstić information content (AvgIpc) is 2.97. The van der Waals surface area contributed by atoms with Crippen LogP contribution in [0.2, 0.25) is 0 Å². The maximum atomic E-state index is 12.8. The summed E-state index contributed by atoms with van der Waals surface area (Å²) in [5, 5.41) is 0. The van der Waals surface area contributed by atoms with Crippen molar-refractivity contribution in [2.45, 2.75) is 90.4 Å². The zero-order chi connectivity index (χ0) is 14.5. The molecule has 1 saturated carbocycles. The number of piperidine rings is 1. The van der Waals surface area contributed by atoms with Crippen LogP contribution in [0.3, 0.4) is 0 Å². The lowest BCUT2D eigenvalue weighted by molar-refractivity contribution is -0.152. The highest BCUT2D eigenvalue weighted by Gasteiger charge is 2.34. The zero-order valence-corrected chi connectivity index (χ0v) is 13.4. The van der Waals surface area contributed by atoms with Crippen LogP contribution >= 0.6 is 0 Å². The molecule has 0 unspecified atom stereocenters. The fourth-order valence-corrected chi connectivity index (χ4v) is 3.69. The fraction of sp³-hybridized carbons (Fsp3) is 0.941. The molecule has 1 heterocycles. The molecule has 0 bridgehead atoms. The van der Waals surface area contributed by atoms with Gasteiger partial charge in [0.25, 0.3) is 5.91 Å². The summed E-state index contributed by atoms with van der Waals surface area (Å²) in [6.07, 6.45) is 9.26. The van der Waals surface area contributed by atoms with Gasteiger partial charge < -0.3 is 9.64 Å². The number of amides is 1. The molecule has 2 aliphatic rings. The van der Waals surface area contributed by atoms with E-state index in [9.17, 15) is 4.79 Å². The molecule has 0 aromatic heterocycles. The number of nitrogens with zero attached hydrogens (tertiary/aromatic N) is 1. The molecular weight excluding hydrogens is 250 g/mol. The summed E-state index contributed by atoms with van der Waals surface area (Å²) >= 11 is 0. The van der Waals surface area contributed by atoms with E-state index in [4.69, 9.17) is 4.74 Å². The predicted octanol–water partition coefficient (Wildman–Crippen LogP) is 3.76. The molecule has 20 heavy (non-hydrogen) atoms. The standard InChI is InChI=1S/C17H31NO2/c1-4-16(20-14-9-5-6-10-14)17(19)18-12-8-7-11-15(18)13(2)3/h13-16H,4-12H2,1-3H3/t15-,16-/m0/s1. The van der Waals surface area contributed by atoms with Crippen LogP contribution in [-0.2, 0) is 9.53 Å². The first-order valence-corrected chi connectivity index (χ1v) is 8.59. The highest BCUT2D eigenvalue weighted by atomic mass is 16.5. The lowest BCUT2D eigenvalue weighted by Gasteiger charge is -2.40. The lowest BCUT2D eigenvalue weighted by atomic mass is 9.92. The third-order valence-electron chi connectivity index (χ3n) is 4.91. The van der Waals surface area contributed by atoms with Gasteiger partial charge in [-0.05, 0) is 44.4 Å². The smallest absolute Gasteiger partial charge is 0.251 e. The monoisotopic (exact) mass is 281 g/mol. The second-order valence-corrected chi connectivity index (χ2v) is 6.78. The average molecular weight is 281 g/mol. The SMILES string of the molecule is CC[C@H](OC1CCCC1)C(=O)N1CCCC[C@H]1C(C)C. The summed E-state index contributed by atoms with van der Waals surface area (Å²) in [6, 6.07) is 0.414. The second-order valence-electron chi connectivity index (χ2n) is 6.78. The highest BCUT2D eigenvalue weighted by Crippen LogP contribution is 2.27. The van der Waals surface area contributed by atoms with E-state index in [0.717, 1.165) is 38.6 Å². The topological polar surface area (TPSA) is 29.5 Å². The number of rotatable bonds is 5. The van der Waals surface area contributed by atoms with Gasteiger partial charge in [0.05, 0.1) is 6.10 Å². The van der Waals surface area contributed by atoms with Crippen LogP contribution in [0.4, 0.5) is 0 Å². The Balaban J connectivity index is 1.98. The molecular formula is C17H31NO2. The molecule has 0 spiro atoms. The van der Waals surface area contributed by atoms with Crippen LogP contribution in [0.1, 0.15) is 72.1 Å². The van der Waals surface area contributed by atoms with Gasteiger partial charge in [-0.2, -0.15) is 0 Å². The molecule has 1 amide bonds. The Kier molecular flexibility index (Phi) is 5.88. The van der Waals surface area contributed by atoms with E-state index >= 15 is 0 Å². The van der Waals surface area contributed by atoms with Crippen LogP contribution in [-0.4, -0.2) is 35.6 Å². The Morgan fingerprint density at radius 2 is 1.80 bits per heavy atom. The molecule has 0 N–H and O–H groups in total. The van der Waals surface area contributed by atoms with E-state index < -0.39 is 0 Å². The maximum Gasteiger partial charge on any atom is 0.251 e. The molecule has 2 atom stereocenters. The van der Waals surface area contributed by atoms with Gasteiger partial charge in [-0.25, -0.2) is 0 Å². The summed E-state index contributed by atoms with van der Waals surface area (Å²) in [5.74, 6) is 0.793. The maximum absolute atomic E-state index is 12.8. The van der Waals surface area contributed by atoms with Crippen molar-refractivity contribution in [3.05, 3.63) is 0 Å². The molecule has 2 rings (SSSR count). The van der Waals surface area contributed by atoms with Gasteiger partial charge in [-0.15, -0.1) is 0 Å². The van der Waals surface area contributed by atoms with Crippen LogP contribution in [0.5, 0.6) is 0 Å². The fourth-order valence-electron chi connectivity index (χ4n) is 3.69. The van der Waals surface area contributed by atoms with E-state index in [1.54, 1.807) is 0 Å². The molecule has 3 nitrogen and oxygen atoms in total. The van der Waals surface area contributed by atoms with Crippen LogP contribution < -0.4 is 0 Å². The number of hydrogen-bond acceptors (Lipinski definition) is 2. The third kappa shape index (κ3) is 3.75. The van der Waals surface area contributed by atoms with E-state index in [1.165, 1.54) is 19.3 Å². The zero-order valence-electron chi connectivity index (χ0n) is 13.4. The molecule has 3 heteroatoms. The Labute approximate surface area is 124 Å². The molecule has 1 saturated heterocycles. The van der Waals surface area contributed by atoms with Gasteiger partial charge in [-0.3, -0.25) is 4.79 Å². The van der Waals surface area contributed by atoms with Gasteiger partial charge >= 0.3 is 0 Å². The number of carbonyl (C=O) groups excluding carboxylic acids is 1. The Hall–Kier alpha value is -0.570. The van der Waals surface area contributed by atoms with E-state index in [0.29, 0.717) is 18.1 Å². The van der Waals surface area contributed by atoms with Crippen LogP contribution in [0, 0.1) is 5.92 Å². The van der Waals surface area contributed by atoms with E-state index in [2.05, 4.69) is 25.7 Å². The van der Waals surface area contributed by atoms with E-state index in [-0.39, 0.29) is 12.0 Å². The summed E-state index contributed by atoms with van der Waals surface area (Å²) in [7, 11) is 0. The number of ether oxygens (including phenoxy) is 1. The minimum atomic E-state index is -0.211. The first kappa shape index (κ1) is 15.8. The van der Waals surface area contributed by atoms with Crippen molar-refractivity contribution in [3.63, 3.8) is 0 Å². The van der Waals surface area contributed by atoms with Crippen LogP contribution in [0.25, 0.3) is 0 Å². The Morgan fingerprint density at radius 3 is 2.40 bits per heavy atom. The highest BCUT2D eigenvalue weighted by molar-refractivity contribution is 5.81. The Morgan fingerprint density at radius 1 is 1.15 bits per heavy atom. The van der Waals surface area contributed by atoms with Crippen molar-refractivity contribution in [3.8, 4) is 0 Å². The Bertz CT molecular complexity index is 310. The molecule has 2 fully saturated rings. The minimum Gasteiger partial charge on any atom is -0.365 e. The van der Waals surface area contributed by atoms with Gasteiger partial charge in [0.2, 0.25) is 0 Å². The summed E-state index contributed by atoms with van der Waals surface area (Å²) < 4.78 is 6.11. The van der Waals surface area contributed by atoms with Crippen molar-refractivity contribution in [1.29, 1.82) is 0 Å². The number of likely N-dealkylation sites (tertiary alicyclic amines) is 1. The van der Waals surface area contributed by atoms with Crippen LogP contribution in [0.15, 0.2) is 0 Å². The molecule has 1 aliphatic carbocycles. The molecule has 0 aromatic carbocycles. The van der Waals surface area contributed by atoms with Gasteiger partial charge in [-0.1, -0.05) is 33.6 Å². The predicted molar refractivity (Wildman–Crippen MR) is 81.6 cm³/mol. The largest absolute Gasteiger partial charge is 0.365 e. The first-order chi connectivity index (χ1) is 9.63. The van der Waals surface area contributed by atoms with Gasteiger partial charge in [0.1, 0.15) is 6.10 Å². The quantitative estimate of drug-likeness (QED) is 0.768. The van der Waals surface area contributed by atoms with Gasteiger partial charge in [0.15, 0.2) is 0 Å².